The first-order valence-corrected chi connectivity index (χ1v) is 6.67. The van der Waals surface area contributed by atoms with Crippen molar-refractivity contribution in [1.29, 1.82) is 0 Å². The van der Waals surface area contributed by atoms with Crippen molar-refractivity contribution in [1.82, 2.24) is 15.5 Å². The molecule has 0 atom stereocenters. The van der Waals surface area contributed by atoms with E-state index in [1.807, 2.05) is 19.2 Å². The maximum absolute atomic E-state index is 5.17. The third-order valence-electron chi connectivity index (χ3n) is 2.41. The smallest absolute Gasteiger partial charge is 0.228 e. The Balaban J connectivity index is 2.12. The molecule has 0 aliphatic carbocycles. The van der Waals surface area contributed by atoms with Gasteiger partial charge in [-0.2, -0.15) is 4.98 Å². The fourth-order valence-corrected chi connectivity index (χ4v) is 1.85. The second-order valence-electron chi connectivity index (χ2n) is 3.59. The third kappa shape index (κ3) is 3.08. The van der Waals surface area contributed by atoms with E-state index in [4.69, 9.17) is 4.52 Å². The highest BCUT2D eigenvalue weighted by Crippen LogP contribution is 2.20. The van der Waals surface area contributed by atoms with Gasteiger partial charge in [-0.1, -0.05) is 5.16 Å². The van der Waals surface area contributed by atoms with E-state index in [-0.39, 0.29) is 0 Å². The molecule has 0 aliphatic heterocycles. The summed E-state index contributed by atoms with van der Waals surface area (Å²) >= 11 is 1.72. The zero-order valence-corrected chi connectivity index (χ0v) is 10.8. The molecule has 1 aromatic carbocycles. The van der Waals surface area contributed by atoms with E-state index in [0.717, 1.165) is 18.5 Å². The van der Waals surface area contributed by atoms with E-state index < -0.39 is 0 Å². The summed E-state index contributed by atoms with van der Waals surface area (Å²) in [5.41, 5.74) is 0.988. The maximum Gasteiger partial charge on any atom is 0.228 e. The Morgan fingerprint density at radius 1 is 1.29 bits per heavy atom. The van der Waals surface area contributed by atoms with Crippen molar-refractivity contribution in [2.75, 3.05) is 19.8 Å². The lowest BCUT2D eigenvalue weighted by molar-refractivity contribution is 0.377. The second-order valence-corrected chi connectivity index (χ2v) is 4.47. The molecule has 0 unspecified atom stereocenters. The van der Waals surface area contributed by atoms with Crippen LogP contribution in [0.4, 0.5) is 0 Å². The maximum atomic E-state index is 5.17. The zero-order valence-electron chi connectivity index (χ0n) is 9.93. The Bertz CT molecular complexity index is 467. The third-order valence-corrected chi connectivity index (χ3v) is 3.15. The summed E-state index contributed by atoms with van der Waals surface area (Å²) in [5, 5.41) is 7.02. The van der Waals surface area contributed by atoms with Crippen molar-refractivity contribution in [3.8, 4) is 11.4 Å². The van der Waals surface area contributed by atoms with Crippen LogP contribution in [0.25, 0.3) is 11.4 Å². The summed E-state index contributed by atoms with van der Waals surface area (Å²) in [5.74, 6) is 1.33. The summed E-state index contributed by atoms with van der Waals surface area (Å²) in [6, 6.07) is 8.14. The minimum Gasteiger partial charge on any atom is -0.339 e. The van der Waals surface area contributed by atoms with Crippen molar-refractivity contribution < 1.29 is 4.52 Å². The molecule has 1 aromatic heterocycles. The monoisotopic (exact) mass is 249 g/mol. The van der Waals surface area contributed by atoms with Crippen LogP contribution in [-0.2, 0) is 6.42 Å². The van der Waals surface area contributed by atoms with Crippen LogP contribution in [0.1, 0.15) is 5.89 Å². The number of nitrogens with zero attached hydrogens (tertiary/aromatic N) is 2. The molecule has 0 bridgehead atoms. The quantitative estimate of drug-likeness (QED) is 0.823. The lowest BCUT2D eigenvalue weighted by Gasteiger charge is -1.96. The molecule has 17 heavy (non-hydrogen) atoms. The Kier molecular flexibility index (Phi) is 4.17. The molecular formula is C12H15N3OS. The van der Waals surface area contributed by atoms with Crippen LogP contribution in [-0.4, -0.2) is 30.0 Å². The number of benzene rings is 1. The number of hydrogen-bond donors (Lipinski definition) is 1. The van der Waals surface area contributed by atoms with E-state index in [1.54, 1.807) is 11.8 Å². The van der Waals surface area contributed by atoms with Crippen LogP contribution in [0.15, 0.2) is 33.7 Å². The lowest BCUT2D eigenvalue weighted by atomic mass is 10.2. The van der Waals surface area contributed by atoms with Gasteiger partial charge in [-0.3, -0.25) is 0 Å². The molecule has 4 nitrogen and oxygen atoms in total. The molecule has 1 N–H and O–H groups in total. The predicted octanol–water partition coefficient (Wildman–Crippen LogP) is 2.22. The largest absolute Gasteiger partial charge is 0.339 e. The Labute approximate surface area is 105 Å². The molecule has 0 spiro atoms. The highest BCUT2D eigenvalue weighted by Gasteiger charge is 2.07. The minimum absolute atomic E-state index is 0.656. The highest BCUT2D eigenvalue weighted by atomic mass is 32.2. The molecule has 0 radical (unpaired) electrons. The number of aromatic nitrogens is 2. The van der Waals surface area contributed by atoms with Gasteiger partial charge < -0.3 is 9.84 Å². The lowest BCUT2D eigenvalue weighted by Crippen LogP contribution is -2.10. The van der Waals surface area contributed by atoms with Gasteiger partial charge in [0, 0.05) is 23.4 Å². The summed E-state index contributed by atoms with van der Waals surface area (Å²) in [6.07, 6.45) is 2.81. The van der Waals surface area contributed by atoms with Crippen molar-refractivity contribution in [3.63, 3.8) is 0 Å². The first kappa shape index (κ1) is 12.1. The average Bonchev–Trinajstić information content (AvgIpc) is 2.85. The number of thioether (sulfide) groups is 1. The van der Waals surface area contributed by atoms with Crippen molar-refractivity contribution >= 4 is 11.8 Å². The Morgan fingerprint density at radius 2 is 2.06 bits per heavy atom. The molecule has 2 rings (SSSR count). The highest BCUT2D eigenvalue weighted by molar-refractivity contribution is 7.98. The number of rotatable bonds is 5. The van der Waals surface area contributed by atoms with Crippen molar-refractivity contribution in [2.45, 2.75) is 11.3 Å². The van der Waals surface area contributed by atoms with Crippen LogP contribution < -0.4 is 5.32 Å². The van der Waals surface area contributed by atoms with Crippen LogP contribution in [0.2, 0.25) is 0 Å². The van der Waals surface area contributed by atoms with Gasteiger partial charge in [0.25, 0.3) is 0 Å². The van der Waals surface area contributed by atoms with E-state index in [9.17, 15) is 0 Å². The van der Waals surface area contributed by atoms with Gasteiger partial charge in [-0.05, 0) is 37.6 Å². The van der Waals surface area contributed by atoms with Gasteiger partial charge in [0.15, 0.2) is 0 Å². The predicted molar refractivity (Wildman–Crippen MR) is 69.1 cm³/mol. The normalized spacial score (nSPS) is 10.7. The van der Waals surface area contributed by atoms with Gasteiger partial charge in [-0.15, -0.1) is 11.8 Å². The van der Waals surface area contributed by atoms with E-state index >= 15 is 0 Å². The average molecular weight is 249 g/mol. The molecule has 1 heterocycles. The summed E-state index contributed by atoms with van der Waals surface area (Å²) in [7, 11) is 1.90. The Morgan fingerprint density at radius 3 is 2.71 bits per heavy atom. The first-order valence-electron chi connectivity index (χ1n) is 5.45. The van der Waals surface area contributed by atoms with Crippen LogP contribution in [0.5, 0.6) is 0 Å². The number of likely N-dealkylation sites (N-methyl/N-ethyl adjacent to an activating group) is 1. The summed E-state index contributed by atoms with van der Waals surface area (Å²) in [6.45, 7) is 0.840. The van der Waals surface area contributed by atoms with Gasteiger partial charge in [0.1, 0.15) is 0 Å². The van der Waals surface area contributed by atoms with E-state index in [2.05, 4.69) is 33.8 Å². The van der Waals surface area contributed by atoms with Gasteiger partial charge in [-0.25, -0.2) is 0 Å². The molecule has 2 aromatic rings. The van der Waals surface area contributed by atoms with E-state index in [0.29, 0.717) is 11.7 Å². The molecular weight excluding hydrogens is 234 g/mol. The SMILES string of the molecule is CNCCc1nc(-c2ccc(SC)cc2)no1. The second kappa shape index (κ2) is 5.84. The molecule has 0 saturated heterocycles. The van der Waals surface area contributed by atoms with Crippen LogP contribution in [0, 0.1) is 0 Å². The number of hydrogen-bond acceptors (Lipinski definition) is 5. The summed E-state index contributed by atoms with van der Waals surface area (Å²) < 4.78 is 5.17. The van der Waals surface area contributed by atoms with Gasteiger partial charge in [0.2, 0.25) is 11.7 Å². The molecule has 5 heteroatoms. The minimum atomic E-state index is 0.656. The first-order chi connectivity index (χ1) is 8.33. The van der Waals surface area contributed by atoms with Crippen molar-refractivity contribution in [3.05, 3.63) is 30.2 Å². The molecule has 0 fully saturated rings. The molecule has 0 saturated carbocycles. The van der Waals surface area contributed by atoms with Gasteiger partial charge in [0.05, 0.1) is 0 Å². The molecule has 0 amide bonds. The zero-order chi connectivity index (χ0) is 12.1. The van der Waals surface area contributed by atoms with Gasteiger partial charge >= 0.3 is 0 Å². The molecule has 90 valence electrons. The fraction of sp³-hybridized carbons (Fsp3) is 0.333. The fourth-order valence-electron chi connectivity index (χ4n) is 1.45. The number of nitrogens with one attached hydrogen (secondary N) is 1. The van der Waals surface area contributed by atoms with E-state index in [1.165, 1.54) is 4.90 Å². The topological polar surface area (TPSA) is 51.0 Å². The van der Waals surface area contributed by atoms with Crippen LogP contribution in [0.3, 0.4) is 0 Å². The van der Waals surface area contributed by atoms with Crippen LogP contribution >= 0.6 is 11.8 Å². The Hall–Kier alpha value is -1.33. The summed E-state index contributed by atoms with van der Waals surface area (Å²) in [4.78, 5) is 5.58. The van der Waals surface area contributed by atoms with Crippen molar-refractivity contribution in [2.24, 2.45) is 0 Å². The molecule has 0 aliphatic rings. The standard InChI is InChI=1S/C12H15N3OS/c1-13-8-7-11-14-12(15-16-11)9-3-5-10(17-2)6-4-9/h3-6,13H,7-8H2,1-2H3.